The van der Waals surface area contributed by atoms with Crippen LogP contribution in [0.5, 0.6) is 0 Å². The smallest absolute Gasteiger partial charge is 0.238 e. The Balaban J connectivity index is 0.00000288. The molecule has 6 nitrogen and oxygen atoms in total. The van der Waals surface area contributed by atoms with Crippen LogP contribution in [0.4, 0.5) is 10.1 Å². The number of amides is 2. The average Bonchev–Trinajstić information content (AvgIpc) is 2.56. The zero-order valence-electron chi connectivity index (χ0n) is 14.1. The van der Waals surface area contributed by atoms with Crippen LogP contribution in [0, 0.1) is 11.7 Å². The molecule has 9 heteroatoms. The van der Waals surface area contributed by atoms with Gasteiger partial charge >= 0.3 is 0 Å². The van der Waals surface area contributed by atoms with E-state index in [0.717, 1.165) is 0 Å². The fourth-order valence-electron chi connectivity index (χ4n) is 2.48. The highest BCUT2D eigenvalue weighted by atomic mass is 35.5. The van der Waals surface area contributed by atoms with E-state index in [1.807, 2.05) is 11.8 Å². The molecule has 1 aromatic rings. The zero-order chi connectivity index (χ0) is 16.8. The summed E-state index contributed by atoms with van der Waals surface area (Å²) in [5.41, 5.74) is 6.09. The quantitative estimate of drug-likeness (QED) is 0.789. The number of nitrogens with zero attached hydrogens (tertiary/aromatic N) is 2. The molecule has 1 unspecified atom stereocenters. The molecule has 0 spiro atoms. The molecule has 2 amide bonds. The van der Waals surface area contributed by atoms with Gasteiger partial charge in [0, 0.05) is 44.3 Å². The minimum absolute atomic E-state index is 0. The molecule has 0 aromatic heterocycles. The minimum atomic E-state index is -0.338. The van der Waals surface area contributed by atoms with Gasteiger partial charge < -0.3 is 16.0 Å². The first kappa shape index (κ1) is 23.6. The van der Waals surface area contributed by atoms with Crippen LogP contribution >= 0.6 is 24.8 Å². The molecular weight excluding hydrogens is 370 g/mol. The fraction of sp³-hybridized carbons (Fsp3) is 0.500. The SMILES string of the molecule is CC(CN)C(=O)N1CCN(CC(=O)Nc2ccc(F)cc2)CC1.Cl.Cl. The Hall–Kier alpha value is -1.41. The van der Waals surface area contributed by atoms with Crippen LogP contribution in [-0.2, 0) is 9.59 Å². The number of hydrogen-bond donors (Lipinski definition) is 2. The van der Waals surface area contributed by atoms with Crippen molar-refractivity contribution in [2.75, 3.05) is 44.6 Å². The van der Waals surface area contributed by atoms with E-state index in [1.54, 1.807) is 4.90 Å². The predicted octanol–water partition coefficient (Wildman–Crippen LogP) is 1.35. The first-order chi connectivity index (χ1) is 11.0. The van der Waals surface area contributed by atoms with Crippen LogP contribution in [0.2, 0.25) is 0 Å². The van der Waals surface area contributed by atoms with Gasteiger partial charge in [-0.15, -0.1) is 24.8 Å². The molecule has 1 aliphatic rings. The van der Waals surface area contributed by atoms with Crippen LogP contribution in [0.3, 0.4) is 0 Å². The third-order valence-electron chi connectivity index (χ3n) is 3.95. The van der Waals surface area contributed by atoms with Crippen LogP contribution in [-0.4, -0.2) is 60.9 Å². The third-order valence-corrected chi connectivity index (χ3v) is 3.95. The lowest BCUT2D eigenvalue weighted by Crippen LogP contribution is -2.52. The molecule has 1 atom stereocenters. The maximum atomic E-state index is 12.8. The molecule has 1 fully saturated rings. The van der Waals surface area contributed by atoms with Gasteiger partial charge in [0.05, 0.1) is 6.54 Å². The molecule has 1 aliphatic heterocycles. The Labute approximate surface area is 159 Å². The van der Waals surface area contributed by atoms with Crippen molar-refractivity contribution in [3.05, 3.63) is 30.1 Å². The normalized spacial score (nSPS) is 15.6. The fourth-order valence-corrected chi connectivity index (χ4v) is 2.48. The molecule has 1 aromatic carbocycles. The second-order valence-electron chi connectivity index (χ2n) is 5.79. The number of hydrogen-bond acceptors (Lipinski definition) is 4. The topological polar surface area (TPSA) is 78.7 Å². The van der Waals surface area contributed by atoms with Gasteiger partial charge in [0.1, 0.15) is 5.82 Å². The number of halogens is 3. The van der Waals surface area contributed by atoms with Gasteiger partial charge in [-0.2, -0.15) is 0 Å². The number of nitrogens with one attached hydrogen (secondary N) is 1. The van der Waals surface area contributed by atoms with E-state index in [1.165, 1.54) is 24.3 Å². The number of piperazine rings is 1. The van der Waals surface area contributed by atoms with E-state index >= 15 is 0 Å². The maximum Gasteiger partial charge on any atom is 0.238 e. The lowest BCUT2D eigenvalue weighted by atomic mass is 10.1. The first-order valence-electron chi connectivity index (χ1n) is 7.76. The van der Waals surface area contributed by atoms with Crippen molar-refractivity contribution in [2.24, 2.45) is 11.7 Å². The maximum absolute atomic E-state index is 12.8. The second-order valence-corrected chi connectivity index (χ2v) is 5.79. The second kappa shape index (κ2) is 11.3. The largest absolute Gasteiger partial charge is 0.340 e. The van der Waals surface area contributed by atoms with Crippen molar-refractivity contribution in [3.8, 4) is 0 Å². The summed E-state index contributed by atoms with van der Waals surface area (Å²) in [4.78, 5) is 27.8. The highest BCUT2D eigenvalue weighted by Crippen LogP contribution is 2.10. The van der Waals surface area contributed by atoms with Crippen molar-refractivity contribution in [3.63, 3.8) is 0 Å². The van der Waals surface area contributed by atoms with E-state index in [2.05, 4.69) is 5.32 Å². The summed E-state index contributed by atoms with van der Waals surface area (Å²) in [7, 11) is 0. The third kappa shape index (κ3) is 7.15. The molecule has 0 aliphatic carbocycles. The number of rotatable bonds is 5. The molecule has 2 rings (SSSR count). The van der Waals surface area contributed by atoms with E-state index in [0.29, 0.717) is 38.4 Å². The molecule has 1 heterocycles. The first-order valence-corrected chi connectivity index (χ1v) is 7.76. The summed E-state index contributed by atoms with van der Waals surface area (Å²) in [6, 6.07) is 5.66. The lowest BCUT2D eigenvalue weighted by Gasteiger charge is -2.35. The number of nitrogens with two attached hydrogens (primary N) is 1. The highest BCUT2D eigenvalue weighted by Gasteiger charge is 2.24. The molecule has 0 radical (unpaired) electrons. The lowest BCUT2D eigenvalue weighted by molar-refractivity contribution is -0.136. The van der Waals surface area contributed by atoms with E-state index in [9.17, 15) is 14.0 Å². The molecule has 25 heavy (non-hydrogen) atoms. The number of benzene rings is 1. The Morgan fingerprint density at radius 1 is 1.16 bits per heavy atom. The molecule has 0 bridgehead atoms. The van der Waals surface area contributed by atoms with Gasteiger partial charge in [0.15, 0.2) is 0 Å². The summed E-state index contributed by atoms with van der Waals surface area (Å²) in [6.07, 6.45) is 0. The van der Waals surface area contributed by atoms with Gasteiger partial charge in [-0.3, -0.25) is 14.5 Å². The molecule has 1 saturated heterocycles. The average molecular weight is 395 g/mol. The monoisotopic (exact) mass is 394 g/mol. The Morgan fingerprint density at radius 3 is 2.24 bits per heavy atom. The Kier molecular flexibility index (Phi) is 10.6. The van der Waals surface area contributed by atoms with E-state index in [-0.39, 0.29) is 54.9 Å². The predicted molar refractivity (Wildman–Crippen MR) is 101 cm³/mol. The van der Waals surface area contributed by atoms with Gasteiger partial charge in [-0.05, 0) is 24.3 Å². The van der Waals surface area contributed by atoms with Gasteiger partial charge in [0.2, 0.25) is 11.8 Å². The van der Waals surface area contributed by atoms with Crippen molar-refractivity contribution in [1.29, 1.82) is 0 Å². The van der Waals surface area contributed by atoms with Crippen molar-refractivity contribution < 1.29 is 14.0 Å². The highest BCUT2D eigenvalue weighted by molar-refractivity contribution is 5.92. The van der Waals surface area contributed by atoms with Crippen LogP contribution < -0.4 is 11.1 Å². The number of carbonyl (C=O) groups is 2. The Morgan fingerprint density at radius 2 is 1.72 bits per heavy atom. The molecule has 142 valence electrons. The standard InChI is InChI=1S/C16H23FN4O2.2ClH/c1-12(10-18)16(23)21-8-6-20(7-9-21)11-15(22)19-14-4-2-13(17)3-5-14;;/h2-5,12H,6-11,18H2,1H3,(H,19,22);2*1H. The number of carbonyl (C=O) groups excluding carboxylic acids is 2. The van der Waals surface area contributed by atoms with Crippen molar-refractivity contribution in [1.82, 2.24) is 9.80 Å². The molecule has 3 N–H and O–H groups in total. The zero-order valence-corrected chi connectivity index (χ0v) is 15.7. The van der Waals surface area contributed by atoms with Crippen molar-refractivity contribution >= 4 is 42.3 Å². The summed E-state index contributed by atoms with van der Waals surface area (Å²) < 4.78 is 12.8. The van der Waals surface area contributed by atoms with Gasteiger partial charge in [0.25, 0.3) is 0 Å². The summed E-state index contributed by atoms with van der Waals surface area (Å²) in [5, 5.41) is 2.73. The number of anilines is 1. The Bertz CT molecular complexity index is 552. The van der Waals surface area contributed by atoms with Gasteiger partial charge in [-0.1, -0.05) is 6.92 Å². The summed E-state index contributed by atoms with van der Waals surface area (Å²) >= 11 is 0. The minimum Gasteiger partial charge on any atom is -0.340 e. The van der Waals surface area contributed by atoms with Crippen LogP contribution in [0.15, 0.2) is 24.3 Å². The van der Waals surface area contributed by atoms with Crippen LogP contribution in [0.1, 0.15) is 6.92 Å². The van der Waals surface area contributed by atoms with E-state index in [4.69, 9.17) is 5.73 Å². The van der Waals surface area contributed by atoms with Crippen LogP contribution in [0.25, 0.3) is 0 Å². The van der Waals surface area contributed by atoms with Gasteiger partial charge in [-0.25, -0.2) is 4.39 Å². The van der Waals surface area contributed by atoms with E-state index < -0.39 is 0 Å². The van der Waals surface area contributed by atoms with Crippen molar-refractivity contribution in [2.45, 2.75) is 6.92 Å². The summed E-state index contributed by atoms with van der Waals surface area (Å²) in [6.45, 7) is 4.94. The molecular formula is C16H25Cl2FN4O2. The summed E-state index contributed by atoms with van der Waals surface area (Å²) in [5.74, 6) is -0.576. The molecule has 0 saturated carbocycles.